The molecule has 0 aliphatic rings. The van der Waals surface area contributed by atoms with Crippen LogP contribution in [0.5, 0.6) is 0 Å². The van der Waals surface area contributed by atoms with E-state index in [-0.39, 0.29) is 6.04 Å². The minimum absolute atomic E-state index is 0.147. The summed E-state index contributed by atoms with van der Waals surface area (Å²) < 4.78 is 0. The molecule has 0 fully saturated rings. The quantitative estimate of drug-likeness (QED) is 0.642. The normalized spacial score (nSPS) is 12.6. The summed E-state index contributed by atoms with van der Waals surface area (Å²) >= 11 is 7.70. The Morgan fingerprint density at radius 1 is 1.35 bits per heavy atom. The van der Waals surface area contributed by atoms with Crippen LogP contribution in [0.1, 0.15) is 23.6 Å². The van der Waals surface area contributed by atoms with Crippen molar-refractivity contribution in [1.29, 1.82) is 0 Å². The summed E-state index contributed by atoms with van der Waals surface area (Å²) in [6.45, 7) is 0. The van der Waals surface area contributed by atoms with E-state index in [9.17, 15) is 0 Å². The maximum atomic E-state index is 5.98. The molecule has 0 aliphatic carbocycles. The number of hydrazine groups is 1. The van der Waals surface area contributed by atoms with Gasteiger partial charge in [0.05, 0.1) is 0 Å². The average Bonchev–Trinajstić information content (AvgIpc) is 2.83. The standard InChI is InChI=1S/C13H15ClN2S/c14-12-3-1-2-11(8-12)13(16-15)5-4-10-6-7-17-9-10/h1-3,6-9,13,16H,4-5,15H2. The van der Waals surface area contributed by atoms with Gasteiger partial charge in [-0.2, -0.15) is 11.3 Å². The second-order valence-corrected chi connectivity index (χ2v) is 5.16. The molecule has 1 aromatic heterocycles. The predicted octanol–water partition coefficient (Wildman–Crippen LogP) is 3.54. The van der Waals surface area contributed by atoms with E-state index in [1.165, 1.54) is 5.56 Å². The van der Waals surface area contributed by atoms with Gasteiger partial charge in [-0.05, 0) is 52.9 Å². The van der Waals surface area contributed by atoms with Crippen molar-refractivity contribution in [3.8, 4) is 0 Å². The molecule has 1 aromatic carbocycles. The number of nitrogens with two attached hydrogens (primary N) is 1. The Kier molecular flexibility index (Phi) is 4.57. The molecule has 0 saturated carbocycles. The first-order chi connectivity index (χ1) is 8.29. The molecule has 17 heavy (non-hydrogen) atoms. The first kappa shape index (κ1) is 12.6. The van der Waals surface area contributed by atoms with Gasteiger partial charge < -0.3 is 0 Å². The third-order valence-electron chi connectivity index (χ3n) is 2.75. The van der Waals surface area contributed by atoms with Crippen molar-refractivity contribution in [2.24, 2.45) is 5.84 Å². The summed E-state index contributed by atoms with van der Waals surface area (Å²) in [6.07, 6.45) is 1.98. The molecule has 0 aliphatic heterocycles. The first-order valence-electron chi connectivity index (χ1n) is 5.52. The minimum Gasteiger partial charge on any atom is -0.271 e. The van der Waals surface area contributed by atoms with Crippen molar-refractivity contribution in [2.45, 2.75) is 18.9 Å². The molecular formula is C13H15ClN2S. The molecule has 2 rings (SSSR count). The van der Waals surface area contributed by atoms with Crippen LogP contribution in [0, 0.1) is 0 Å². The molecule has 3 N–H and O–H groups in total. The number of nitrogens with one attached hydrogen (secondary N) is 1. The van der Waals surface area contributed by atoms with Crippen molar-refractivity contribution >= 4 is 22.9 Å². The lowest BCUT2D eigenvalue weighted by Crippen LogP contribution is -2.28. The molecule has 0 radical (unpaired) electrons. The number of rotatable bonds is 5. The summed E-state index contributed by atoms with van der Waals surface area (Å²) in [6, 6.07) is 10.1. The highest BCUT2D eigenvalue weighted by Crippen LogP contribution is 2.22. The number of thiophene rings is 1. The Labute approximate surface area is 110 Å². The van der Waals surface area contributed by atoms with Crippen molar-refractivity contribution in [3.05, 3.63) is 57.2 Å². The average molecular weight is 267 g/mol. The van der Waals surface area contributed by atoms with Gasteiger partial charge in [-0.25, -0.2) is 0 Å². The number of hydrogen-bond acceptors (Lipinski definition) is 3. The molecule has 90 valence electrons. The highest BCUT2D eigenvalue weighted by Gasteiger charge is 2.10. The topological polar surface area (TPSA) is 38.0 Å². The van der Waals surface area contributed by atoms with Crippen LogP contribution in [-0.4, -0.2) is 0 Å². The Bertz CT molecular complexity index is 456. The zero-order chi connectivity index (χ0) is 12.1. The highest BCUT2D eigenvalue weighted by molar-refractivity contribution is 7.07. The van der Waals surface area contributed by atoms with Crippen molar-refractivity contribution in [2.75, 3.05) is 0 Å². The van der Waals surface area contributed by atoms with E-state index in [1.54, 1.807) is 11.3 Å². The lowest BCUT2D eigenvalue weighted by atomic mass is 10.0. The minimum atomic E-state index is 0.147. The summed E-state index contributed by atoms with van der Waals surface area (Å²) in [5.74, 6) is 5.60. The fourth-order valence-electron chi connectivity index (χ4n) is 1.82. The van der Waals surface area contributed by atoms with Gasteiger partial charge in [-0.3, -0.25) is 11.3 Å². The smallest absolute Gasteiger partial charge is 0.0463 e. The molecule has 1 heterocycles. The van der Waals surface area contributed by atoms with E-state index in [4.69, 9.17) is 17.4 Å². The van der Waals surface area contributed by atoms with E-state index < -0.39 is 0 Å². The van der Waals surface area contributed by atoms with Crippen LogP contribution in [0.2, 0.25) is 5.02 Å². The van der Waals surface area contributed by atoms with Crippen LogP contribution in [0.15, 0.2) is 41.1 Å². The third-order valence-corrected chi connectivity index (χ3v) is 3.72. The lowest BCUT2D eigenvalue weighted by Gasteiger charge is -2.16. The molecule has 0 amide bonds. The molecule has 4 heteroatoms. The van der Waals surface area contributed by atoms with Gasteiger partial charge in [0.2, 0.25) is 0 Å². The first-order valence-corrected chi connectivity index (χ1v) is 6.84. The maximum Gasteiger partial charge on any atom is 0.0463 e. The van der Waals surface area contributed by atoms with Crippen LogP contribution in [0.25, 0.3) is 0 Å². The Hall–Kier alpha value is -0.870. The van der Waals surface area contributed by atoms with Crippen LogP contribution in [0.4, 0.5) is 0 Å². The monoisotopic (exact) mass is 266 g/mol. The number of hydrogen-bond donors (Lipinski definition) is 2. The van der Waals surface area contributed by atoms with Gasteiger partial charge in [0.15, 0.2) is 0 Å². The molecule has 0 spiro atoms. The molecular weight excluding hydrogens is 252 g/mol. The van der Waals surface area contributed by atoms with Gasteiger partial charge in [0.1, 0.15) is 0 Å². The molecule has 1 atom stereocenters. The van der Waals surface area contributed by atoms with Gasteiger partial charge >= 0.3 is 0 Å². The van der Waals surface area contributed by atoms with Crippen molar-refractivity contribution < 1.29 is 0 Å². The molecule has 2 nitrogen and oxygen atoms in total. The zero-order valence-electron chi connectivity index (χ0n) is 9.40. The van der Waals surface area contributed by atoms with Crippen molar-refractivity contribution in [3.63, 3.8) is 0 Å². The summed E-state index contributed by atoms with van der Waals surface area (Å²) in [5, 5.41) is 5.02. The fourth-order valence-corrected chi connectivity index (χ4v) is 2.72. The van der Waals surface area contributed by atoms with Gasteiger partial charge in [0, 0.05) is 11.1 Å². The maximum absolute atomic E-state index is 5.98. The summed E-state index contributed by atoms with van der Waals surface area (Å²) in [7, 11) is 0. The van der Waals surface area contributed by atoms with Gasteiger partial charge in [-0.1, -0.05) is 23.7 Å². The molecule has 0 bridgehead atoms. The predicted molar refractivity (Wildman–Crippen MR) is 74.2 cm³/mol. The second kappa shape index (κ2) is 6.17. The highest BCUT2D eigenvalue weighted by atomic mass is 35.5. The fraction of sp³-hybridized carbons (Fsp3) is 0.231. The number of aryl methyl sites for hydroxylation is 1. The van der Waals surface area contributed by atoms with E-state index >= 15 is 0 Å². The Balaban J connectivity index is 2.01. The van der Waals surface area contributed by atoms with Crippen LogP contribution in [0.3, 0.4) is 0 Å². The van der Waals surface area contributed by atoms with E-state index in [2.05, 4.69) is 22.3 Å². The number of benzene rings is 1. The molecule has 1 unspecified atom stereocenters. The Morgan fingerprint density at radius 2 is 2.24 bits per heavy atom. The summed E-state index contributed by atoms with van der Waals surface area (Å²) in [4.78, 5) is 0. The SMILES string of the molecule is NNC(CCc1ccsc1)c1cccc(Cl)c1. The largest absolute Gasteiger partial charge is 0.271 e. The second-order valence-electron chi connectivity index (χ2n) is 3.94. The molecule has 0 saturated heterocycles. The number of halogens is 1. The van der Waals surface area contributed by atoms with Crippen molar-refractivity contribution in [1.82, 2.24) is 5.43 Å². The summed E-state index contributed by atoms with van der Waals surface area (Å²) in [5.41, 5.74) is 5.35. The van der Waals surface area contributed by atoms with E-state index in [1.807, 2.05) is 24.3 Å². The van der Waals surface area contributed by atoms with Crippen LogP contribution >= 0.6 is 22.9 Å². The van der Waals surface area contributed by atoms with Crippen LogP contribution < -0.4 is 11.3 Å². The van der Waals surface area contributed by atoms with E-state index in [0.717, 1.165) is 23.4 Å². The lowest BCUT2D eigenvalue weighted by molar-refractivity contribution is 0.517. The zero-order valence-corrected chi connectivity index (χ0v) is 11.0. The van der Waals surface area contributed by atoms with Gasteiger partial charge in [-0.15, -0.1) is 0 Å². The Morgan fingerprint density at radius 3 is 2.88 bits per heavy atom. The van der Waals surface area contributed by atoms with Gasteiger partial charge in [0.25, 0.3) is 0 Å². The molecule has 2 aromatic rings. The van der Waals surface area contributed by atoms with E-state index in [0.29, 0.717) is 0 Å². The third kappa shape index (κ3) is 3.54. The van der Waals surface area contributed by atoms with Crippen LogP contribution in [-0.2, 0) is 6.42 Å².